The van der Waals surface area contributed by atoms with Crippen LogP contribution in [-0.4, -0.2) is 61.8 Å². The zero-order valence-electron chi connectivity index (χ0n) is 16.3. The molecule has 0 saturated carbocycles. The fourth-order valence-corrected chi connectivity index (χ4v) is 4.67. The molecule has 2 atom stereocenters. The van der Waals surface area contributed by atoms with Crippen LogP contribution in [0.2, 0.25) is 0 Å². The monoisotopic (exact) mass is 397 g/mol. The van der Waals surface area contributed by atoms with Gasteiger partial charge >= 0.3 is 6.03 Å². The van der Waals surface area contributed by atoms with Crippen LogP contribution in [0.1, 0.15) is 39.3 Å². The Morgan fingerprint density at radius 3 is 2.30 bits per heavy atom. The molecule has 150 valence electrons. The standard InChI is InChI=1S/C18H28N4O4S/c1-5-21(6-2)27(25,26)16-9-7-15(8-10-16)13(3)20-14(4)17(23)22-12-11-19-18(22)24/h7-10,13-14,20H,5-6,11-12H2,1-4H3,(H,19,24)/p+1/t13-,14-/m1/s1. The van der Waals surface area contributed by atoms with E-state index in [1.165, 1.54) is 9.21 Å². The minimum absolute atomic E-state index is 0.0557. The molecule has 2 rings (SSSR count). The summed E-state index contributed by atoms with van der Waals surface area (Å²) >= 11 is 0. The van der Waals surface area contributed by atoms with Gasteiger partial charge in [0.25, 0.3) is 5.91 Å². The predicted molar refractivity (Wildman–Crippen MR) is 101 cm³/mol. The Kier molecular flexibility index (Phi) is 6.96. The highest BCUT2D eigenvalue weighted by Crippen LogP contribution is 2.18. The van der Waals surface area contributed by atoms with Crippen molar-refractivity contribution in [3.05, 3.63) is 29.8 Å². The zero-order chi connectivity index (χ0) is 20.2. The van der Waals surface area contributed by atoms with Gasteiger partial charge in [-0.3, -0.25) is 9.69 Å². The smallest absolute Gasteiger partial charge is 0.324 e. The Hall–Kier alpha value is -1.97. The summed E-state index contributed by atoms with van der Waals surface area (Å²) in [7, 11) is -3.48. The first-order valence-electron chi connectivity index (χ1n) is 9.26. The third kappa shape index (κ3) is 4.66. The lowest BCUT2D eigenvalue weighted by molar-refractivity contribution is -0.710. The van der Waals surface area contributed by atoms with E-state index in [9.17, 15) is 18.0 Å². The van der Waals surface area contributed by atoms with Crippen LogP contribution in [0.25, 0.3) is 0 Å². The maximum absolute atomic E-state index is 12.6. The molecule has 0 radical (unpaired) electrons. The lowest BCUT2D eigenvalue weighted by Gasteiger charge is -2.21. The minimum atomic E-state index is -3.48. The Morgan fingerprint density at radius 2 is 1.81 bits per heavy atom. The van der Waals surface area contributed by atoms with Gasteiger partial charge in [-0.1, -0.05) is 26.0 Å². The van der Waals surface area contributed by atoms with E-state index in [0.29, 0.717) is 26.2 Å². The minimum Gasteiger partial charge on any atom is -0.336 e. The molecule has 1 saturated heterocycles. The normalized spacial score (nSPS) is 17.1. The number of nitrogens with one attached hydrogen (secondary N) is 1. The summed E-state index contributed by atoms with van der Waals surface area (Å²) in [6.45, 7) is 9.06. The van der Waals surface area contributed by atoms with Crippen molar-refractivity contribution in [2.75, 3.05) is 26.2 Å². The van der Waals surface area contributed by atoms with Crippen LogP contribution in [-0.2, 0) is 14.8 Å². The number of benzene rings is 1. The second-order valence-electron chi connectivity index (χ2n) is 6.65. The van der Waals surface area contributed by atoms with Gasteiger partial charge in [0.15, 0.2) is 6.04 Å². The van der Waals surface area contributed by atoms with Crippen molar-refractivity contribution < 1.29 is 23.3 Å². The Bertz CT molecular complexity index is 775. The number of urea groups is 1. The number of sulfonamides is 1. The summed E-state index contributed by atoms with van der Waals surface area (Å²) in [5.74, 6) is -0.224. The molecule has 0 unspecified atom stereocenters. The van der Waals surface area contributed by atoms with E-state index >= 15 is 0 Å². The highest BCUT2D eigenvalue weighted by molar-refractivity contribution is 7.89. The zero-order valence-corrected chi connectivity index (χ0v) is 17.1. The van der Waals surface area contributed by atoms with Crippen molar-refractivity contribution in [1.29, 1.82) is 0 Å². The summed E-state index contributed by atoms with van der Waals surface area (Å²) in [6.07, 6.45) is 0. The van der Waals surface area contributed by atoms with E-state index in [1.807, 2.05) is 26.1 Å². The summed E-state index contributed by atoms with van der Waals surface area (Å²) in [5, 5.41) is 4.50. The van der Waals surface area contributed by atoms with Gasteiger partial charge in [0.05, 0.1) is 4.90 Å². The second kappa shape index (κ2) is 8.81. The Balaban J connectivity index is 2.06. The maximum Gasteiger partial charge on any atom is 0.324 e. The number of hydrogen-bond acceptors (Lipinski definition) is 4. The molecule has 3 N–H and O–H groups in total. The molecule has 0 bridgehead atoms. The van der Waals surface area contributed by atoms with Crippen molar-refractivity contribution in [2.45, 2.75) is 44.7 Å². The van der Waals surface area contributed by atoms with Gasteiger partial charge in [0, 0.05) is 31.7 Å². The van der Waals surface area contributed by atoms with E-state index in [4.69, 9.17) is 0 Å². The number of nitrogens with two attached hydrogens (primary N) is 1. The average molecular weight is 398 g/mol. The summed E-state index contributed by atoms with van der Waals surface area (Å²) < 4.78 is 26.5. The average Bonchev–Trinajstić information content (AvgIpc) is 3.07. The molecule has 0 spiro atoms. The number of nitrogens with zero attached hydrogens (tertiary/aromatic N) is 2. The van der Waals surface area contributed by atoms with Crippen LogP contribution in [0.5, 0.6) is 0 Å². The summed E-state index contributed by atoms with van der Waals surface area (Å²) in [6, 6.07) is 5.94. The third-order valence-corrected chi connectivity index (χ3v) is 6.90. The lowest BCUT2D eigenvalue weighted by atomic mass is 10.1. The van der Waals surface area contributed by atoms with Crippen LogP contribution in [0.15, 0.2) is 29.2 Å². The highest BCUT2D eigenvalue weighted by Gasteiger charge is 2.32. The van der Waals surface area contributed by atoms with Crippen LogP contribution >= 0.6 is 0 Å². The van der Waals surface area contributed by atoms with Gasteiger partial charge in [-0.25, -0.2) is 13.2 Å². The predicted octanol–water partition coefficient (Wildman–Crippen LogP) is 0.282. The van der Waals surface area contributed by atoms with Crippen LogP contribution in [0.4, 0.5) is 4.79 Å². The fraction of sp³-hybridized carbons (Fsp3) is 0.556. The fourth-order valence-electron chi connectivity index (χ4n) is 3.21. The topological polar surface area (TPSA) is 103 Å². The first-order valence-corrected chi connectivity index (χ1v) is 10.7. The molecule has 1 aliphatic heterocycles. The maximum atomic E-state index is 12.6. The molecule has 1 aromatic carbocycles. The molecule has 8 nitrogen and oxygen atoms in total. The molecule has 9 heteroatoms. The van der Waals surface area contributed by atoms with E-state index in [0.717, 1.165) is 5.56 Å². The molecular formula is C18H29N4O4S+. The Morgan fingerprint density at radius 1 is 1.22 bits per heavy atom. The van der Waals surface area contributed by atoms with Gasteiger partial charge in [-0.05, 0) is 26.0 Å². The number of amides is 3. The van der Waals surface area contributed by atoms with Crippen LogP contribution < -0.4 is 10.6 Å². The van der Waals surface area contributed by atoms with Gasteiger partial charge in [0.2, 0.25) is 10.0 Å². The van der Waals surface area contributed by atoms with E-state index in [2.05, 4.69) is 5.32 Å². The van der Waals surface area contributed by atoms with Crippen molar-refractivity contribution in [1.82, 2.24) is 14.5 Å². The second-order valence-corrected chi connectivity index (χ2v) is 8.59. The number of carbonyl (C=O) groups is 2. The van der Waals surface area contributed by atoms with Crippen LogP contribution in [0.3, 0.4) is 0 Å². The third-order valence-electron chi connectivity index (χ3n) is 4.84. The first kappa shape index (κ1) is 21.3. The molecule has 1 heterocycles. The quantitative estimate of drug-likeness (QED) is 0.658. The Labute approximate surface area is 161 Å². The van der Waals surface area contributed by atoms with Crippen molar-refractivity contribution in [2.24, 2.45) is 0 Å². The van der Waals surface area contributed by atoms with E-state index < -0.39 is 16.1 Å². The van der Waals surface area contributed by atoms with Gasteiger partial charge < -0.3 is 10.6 Å². The summed E-state index contributed by atoms with van der Waals surface area (Å²) in [4.78, 5) is 25.5. The molecule has 1 aliphatic rings. The molecule has 3 amide bonds. The number of carbonyl (C=O) groups excluding carboxylic acids is 2. The van der Waals surface area contributed by atoms with Crippen molar-refractivity contribution in [3.63, 3.8) is 0 Å². The van der Waals surface area contributed by atoms with Gasteiger partial charge in [-0.2, -0.15) is 4.31 Å². The van der Waals surface area contributed by atoms with E-state index in [1.54, 1.807) is 31.2 Å². The SMILES string of the molecule is CCN(CC)S(=O)(=O)c1ccc([C@@H](C)[NH2+][C@H](C)C(=O)N2CCNC2=O)cc1. The van der Waals surface area contributed by atoms with Crippen molar-refractivity contribution in [3.8, 4) is 0 Å². The highest BCUT2D eigenvalue weighted by atomic mass is 32.2. The van der Waals surface area contributed by atoms with E-state index in [-0.39, 0.29) is 22.9 Å². The number of hydrogen-bond donors (Lipinski definition) is 2. The first-order chi connectivity index (χ1) is 12.7. The lowest BCUT2D eigenvalue weighted by Crippen LogP contribution is -2.92. The number of imide groups is 1. The molecule has 1 fully saturated rings. The van der Waals surface area contributed by atoms with Crippen molar-refractivity contribution >= 4 is 22.0 Å². The molecule has 0 aliphatic carbocycles. The van der Waals surface area contributed by atoms with Gasteiger partial charge in [0.1, 0.15) is 6.04 Å². The number of rotatable bonds is 8. The van der Waals surface area contributed by atoms with Gasteiger partial charge in [-0.15, -0.1) is 0 Å². The molecule has 0 aromatic heterocycles. The molecule has 27 heavy (non-hydrogen) atoms. The van der Waals surface area contributed by atoms with Crippen LogP contribution in [0, 0.1) is 0 Å². The number of quaternary nitrogens is 1. The largest absolute Gasteiger partial charge is 0.336 e. The summed E-state index contributed by atoms with van der Waals surface area (Å²) in [5.41, 5.74) is 0.916. The molecular weight excluding hydrogens is 368 g/mol. The molecule has 1 aromatic rings.